The van der Waals surface area contributed by atoms with E-state index in [0.717, 1.165) is 29.8 Å². The van der Waals surface area contributed by atoms with Gasteiger partial charge in [-0.05, 0) is 57.5 Å². The normalized spacial score (nSPS) is 13.5. The minimum atomic E-state index is -5.14. The molecule has 0 saturated carbocycles. The van der Waals surface area contributed by atoms with Crippen LogP contribution in [-0.2, 0) is 30.8 Å². The van der Waals surface area contributed by atoms with Gasteiger partial charge in [0.25, 0.3) is 0 Å². The Morgan fingerprint density at radius 1 is 0.842 bits per heavy atom. The Bertz CT molecular complexity index is 1400. The molecular weight excluding hydrogens is 529 g/mol. The summed E-state index contributed by atoms with van der Waals surface area (Å²) in [5.41, 5.74) is 0.792. The Labute approximate surface area is 223 Å². The molecule has 1 N–H and O–H groups in total. The van der Waals surface area contributed by atoms with Crippen LogP contribution in [-0.4, -0.2) is 38.9 Å². The second kappa shape index (κ2) is 11.2. The van der Waals surface area contributed by atoms with Crippen LogP contribution in [0.1, 0.15) is 38.3 Å². The smallest absolute Gasteiger partial charge is 0.407 e. The van der Waals surface area contributed by atoms with Crippen molar-refractivity contribution >= 4 is 25.8 Å². The van der Waals surface area contributed by atoms with E-state index in [2.05, 4.69) is 5.32 Å². The topological polar surface area (TPSA) is 107 Å². The molecule has 0 aliphatic heterocycles. The zero-order valence-electron chi connectivity index (χ0n) is 21.7. The van der Waals surface area contributed by atoms with Crippen LogP contribution in [0.5, 0.6) is 0 Å². The number of rotatable bonds is 9. The van der Waals surface area contributed by atoms with E-state index in [1.807, 2.05) is 13.0 Å². The standard InChI is InChI=1S/C28H32FNO6S2/c1-21-12-11-13-22(18-21)19-23(36-26(31)30-27(2,3)4)20-28(29,37(32,33)24-14-7-5-8-15-24)38(34,35)25-16-9-6-10-17-25/h5-18,23H,19-20H2,1-4H3,(H,30,31)/t23-/m0/s1. The van der Waals surface area contributed by atoms with Crippen molar-refractivity contribution in [3.63, 3.8) is 0 Å². The number of aryl methyl sites for hydroxylation is 1. The number of ether oxygens (including phenoxy) is 1. The third kappa shape index (κ3) is 6.60. The van der Waals surface area contributed by atoms with Crippen molar-refractivity contribution in [1.82, 2.24) is 5.32 Å². The van der Waals surface area contributed by atoms with Gasteiger partial charge in [0.1, 0.15) is 6.10 Å². The van der Waals surface area contributed by atoms with Gasteiger partial charge in [0.15, 0.2) is 0 Å². The lowest BCUT2D eigenvalue weighted by molar-refractivity contribution is 0.0744. The molecule has 0 fully saturated rings. The number of hydrogen-bond acceptors (Lipinski definition) is 6. The van der Waals surface area contributed by atoms with Gasteiger partial charge in [-0.1, -0.05) is 66.2 Å². The maximum atomic E-state index is 17.2. The molecule has 0 aliphatic rings. The third-order valence-electron chi connectivity index (χ3n) is 5.68. The maximum Gasteiger partial charge on any atom is 0.407 e. The number of benzene rings is 3. The molecule has 3 aromatic rings. The summed E-state index contributed by atoms with van der Waals surface area (Å²) in [6.45, 7) is 6.97. The Balaban J connectivity index is 2.15. The minimum absolute atomic E-state index is 0.112. The van der Waals surface area contributed by atoms with Gasteiger partial charge >= 0.3 is 10.4 Å². The SMILES string of the molecule is Cc1cccc(C[C@@H](CC(F)(S(=O)(=O)c2ccccc2)S(=O)(=O)c2ccccc2)OC(=O)NC(C)(C)C)c1. The predicted molar refractivity (Wildman–Crippen MR) is 144 cm³/mol. The van der Waals surface area contributed by atoms with E-state index in [4.69, 9.17) is 4.74 Å². The van der Waals surface area contributed by atoms with Crippen molar-refractivity contribution in [1.29, 1.82) is 0 Å². The molecule has 0 aliphatic carbocycles. The van der Waals surface area contributed by atoms with Gasteiger partial charge < -0.3 is 10.1 Å². The van der Waals surface area contributed by atoms with E-state index in [1.54, 1.807) is 39.0 Å². The van der Waals surface area contributed by atoms with Crippen LogP contribution < -0.4 is 5.32 Å². The fourth-order valence-electron chi connectivity index (χ4n) is 3.93. The molecule has 0 heterocycles. The summed E-state index contributed by atoms with van der Waals surface area (Å²) in [4.78, 5) is 11.7. The highest BCUT2D eigenvalue weighted by Crippen LogP contribution is 2.41. The Kier molecular flexibility index (Phi) is 8.68. The molecule has 3 aromatic carbocycles. The number of sulfone groups is 2. The lowest BCUT2D eigenvalue weighted by Gasteiger charge is -2.30. The van der Waals surface area contributed by atoms with Crippen molar-refractivity contribution in [2.24, 2.45) is 0 Å². The van der Waals surface area contributed by atoms with E-state index in [1.165, 1.54) is 36.4 Å². The largest absolute Gasteiger partial charge is 0.446 e. The molecule has 0 saturated heterocycles. The second-order valence-corrected chi connectivity index (χ2v) is 14.6. The van der Waals surface area contributed by atoms with Crippen molar-refractivity contribution in [2.45, 2.75) is 66.3 Å². The highest BCUT2D eigenvalue weighted by Gasteiger charge is 2.58. The molecule has 0 unspecified atom stereocenters. The van der Waals surface area contributed by atoms with Gasteiger partial charge in [-0.2, -0.15) is 0 Å². The summed E-state index contributed by atoms with van der Waals surface area (Å²) >= 11 is 0. The number of halogens is 1. The fraction of sp³-hybridized carbons (Fsp3) is 0.321. The van der Waals surface area contributed by atoms with Gasteiger partial charge in [-0.25, -0.2) is 26.0 Å². The van der Waals surface area contributed by atoms with Crippen molar-refractivity contribution in [3.8, 4) is 0 Å². The summed E-state index contributed by atoms with van der Waals surface area (Å²) < 4.78 is 73.7. The molecule has 10 heteroatoms. The lowest BCUT2D eigenvalue weighted by atomic mass is 10.0. The second-order valence-electron chi connectivity index (χ2n) is 10.1. The van der Waals surface area contributed by atoms with Crippen LogP contribution in [0, 0.1) is 6.92 Å². The van der Waals surface area contributed by atoms with Gasteiger partial charge in [-0.15, -0.1) is 0 Å². The highest BCUT2D eigenvalue weighted by atomic mass is 32.3. The first-order chi connectivity index (χ1) is 17.7. The van der Waals surface area contributed by atoms with Gasteiger partial charge in [0, 0.05) is 18.4 Å². The molecule has 7 nitrogen and oxygen atoms in total. The van der Waals surface area contributed by atoms with Gasteiger partial charge in [-0.3, -0.25) is 0 Å². The number of nitrogens with one attached hydrogen (secondary N) is 1. The first kappa shape index (κ1) is 29.3. The summed E-state index contributed by atoms with van der Waals surface area (Å²) in [5, 5.41) is 2.59. The Morgan fingerprint density at radius 2 is 1.34 bits per heavy atom. The van der Waals surface area contributed by atoms with Crippen LogP contribution in [0.3, 0.4) is 0 Å². The summed E-state index contributed by atoms with van der Waals surface area (Å²) in [5.74, 6) is 0. The van der Waals surface area contributed by atoms with E-state index in [0.29, 0.717) is 5.56 Å². The molecular formula is C28H32FNO6S2. The fourth-order valence-corrected chi connectivity index (χ4v) is 8.21. The van der Waals surface area contributed by atoms with E-state index in [-0.39, 0.29) is 6.42 Å². The van der Waals surface area contributed by atoms with Crippen LogP contribution >= 0.6 is 0 Å². The van der Waals surface area contributed by atoms with Crippen LogP contribution in [0.25, 0.3) is 0 Å². The van der Waals surface area contributed by atoms with Gasteiger partial charge in [0.2, 0.25) is 19.7 Å². The van der Waals surface area contributed by atoms with Crippen LogP contribution in [0.4, 0.5) is 9.18 Å². The number of alkyl carbamates (subject to hydrolysis) is 1. The molecule has 38 heavy (non-hydrogen) atoms. The zero-order valence-corrected chi connectivity index (χ0v) is 23.4. The quantitative estimate of drug-likeness (QED) is 0.375. The molecule has 0 aromatic heterocycles. The third-order valence-corrected chi connectivity index (χ3v) is 10.7. The van der Waals surface area contributed by atoms with Crippen molar-refractivity contribution in [3.05, 3.63) is 96.1 Å². The molecule has 0 radical (unpaired) electrons. The van der Waals surface area contributed by atoms with Crippen molar-refractivity contribution in [2.75, 3.05) is 0 Å². The highest BCUT2D eigenvalue weighted by molar-refractivity contribution is 8.10. The van der Waals surface area contributed by atoms with E-state index in [9.17, 15) is 21.6 Å². The molecule has 3 rings (SSSR count). The van der Waals surface area contributed by atoms with Gasteiger partial charge in [0.05, 0.1) is 9.79 Å². The molecule has 0 spiro atoms. The summed E-state index contributed by atoms with van der Waals surface area (Å²) in [7, 11) is -10.3. The van der Waals surface area contributed by atoms with E-state index >= 15 is 4.39 Å². The van der Waals surface area contributed by atoms with Crippen LogP contribution in [0.2, 0.25) is 0 Å². The monoisotopic (exact) mass is 561 g/mol. The molecule has 1 atom stereocenters. The van der Waals surface area contributed by atoms with E-state index < -0.39 is 58.0 Å². The number of carbonyl (C=O) groups excluding carboxylic acids is 1. The van der Waals surface area contributed by atoms with Crippen LogP contribution in [0.15, 0.2) is 94.7 Å². The number of amides is 1. The summed E-state index contributed by atoms with van der Waals surface area (Å²) in [6.07, 6.45) is -3.63. The summed E-state index contributed by atoms with van der Waals surface area (Å²) in [6, 6.07) is 20.2. The first-order valence-corrected chi connectivity index (χ1v) is 14.9. The number of alkyl halides is 1. The molecule has 204 valence electrons. The number of carbonyl (C=O) groups is 1. The lowest BCUT2D eigenvalue weighted by Crippen LogP contribution is -2.48. The minimum Gasteiger partial charge on any atom is -0.446 e. The Morgan fingerprint density at radius 3 is 1.79 bits per heavy atom. The molecule has 1 amide bonds. The zero-order chi connectivity index (χ0) is 28.2. The first-order valence-electron chi connectivity index (χ1n) is 12.0. The maximum absolute atomic E-state index is 17.2. The average Bonchev–Trinajstić information content (AvgIpc) is 2.83. The number of hydrogen-bond donors (Lipinski definition) is 1. The van der Waals surface area contributed by atoms with Crippen molar-refractivity contribution < 1.29 is 30.8 Å². The Hall–Kier alpha value is -3.24. The predicted octanol–water partition coefficient (Wildman–Crippen LogP) is 5.39. The molecule has 0 bridgehead atoms. The average molecular weight is 562 g/mol.